The summed E-state index contributed by atoms with van der Waals surface area (Å²) in [6.07, 6.45) is 0. The van der Waals surface area contributed by atoms with Gasteiger partial charge in [-0.05, 0) is 50.2 Å². The van der Waals surface area contributed by atoms with E-state index in [0.29, 0.717) is 28.0 Å². The first-order chi connectivity index (χ1) is 14.5. The summed E-state index contributed by atoms with van der Waals surface area (Å²) in [6.45, 7) is 3.20. The summed E-state index contributed by atoms with van der Waals surface area (Å²) >= 11 is 0. The number of carbonyl (C=O) groups excluding carboxylic acids is 2. The normalized spacial score (nSPS) is 10.7. The van der Waals surface area contributed by atoms with Gasteiger partial charge in [-0.2, -0.15) is 0 Å². The lowest BCUT2D eigenvalue weighted by molar-refractivity contribution is 0.101. The molecule has 1 amide bonds. The SMILES string of the molecule is CC(=O)c1ccc(NC(=O)c2cccc3c(=O)c(C)c(-c4ccccc4)oc23)cc1. The maximum atomic E-state index is 13.0. The van der Waals surface area contributed by atoms with E-state index in [9.17, 15) is 14.4 Å². The fourth-order valence-electron chi connectivity index (χ4n) is 3.34. The van der Waals surface area contributed by atoms with Crippen molar-refractivity contribution in [1.29, 1.82) is 0 Å². The maximum Gasteiger partial charge on any atom is 0.259 e. The molecule has 0 spiro atoms. The van der Waals surface area contributed by atoms with Crippen molar-refractivity contribution < 1.29 is 14.0 Å². The van der Waals surface area contributed by atoms with Crippen LogP contribution in [0.4, 0.5) is 5.69 Å². The van der Waals surface area contributed by atoms with Gasteiger partial charge in [0.25, 0.3) is 5.91 Å². The van der Waals surface area contributed by atoms with Gasteiger partial charge < -0.3 is 9.73 Å². The molecule has 0 saturated heterocycles. The lowest BCUT2D eigenvalue weighted by atomic mass is 10.0. The summed E-state index contributed by atoms with van der Waals surface area (Å²) in [5.41, 5.74) is 2.69. The van der Waals surface area contributed by atoms with Crippen LogP contribution in [0.1, 0.15) is 33.2 Å². The van der Waals surface area contributed by atoms with Crippen LogP contribution in [-0.4, -0.2) is 11.7 Å². The van der Waals surface area contributed by atoms with Crippen LogP contribution in [0.25, 0.3) is 22.3 Å². The van der Waals surface area contributed by atoms with Gasteiger partial charge in [-0.15, -0.1) is 0 Å². The number of anilines is 1. The highest BCUT2D eigenvalue weighted by molar-refractivity contribution is 6.11. The molecule has 0 radical (unpaired) electrons. The molecule has 0 aliphatic carbocycles. The average Bonchev–Trinajstić information content (AvgIpc) is 2.76. The predicted molar refractivity (Wildman–Crippen MR) is 117 cm³/mol. The van der Waals surface area contributed by atoms with Crippen LogP contribution < -0.4 is 10.7 Å². The third-order valence-corrected chi connectivity index (χ3v) is 4.97. The summed E-state index contributed by atoms with van der Waals surface area (Å²) in [5.74, 6) is -0.00568. The zero-order chi connectivity index (χ0) is 21.3. The van der Waals surface area contributed by atoms with Crippen molar-refractivity contribution >= 4 is 28.3 Å². The van der Waals surface area contributed by atoms with Crippen LogP contribution in [0.2, 0.25) is 0 Å². The number of Topliss-reactive ketones (excluding diaryl/α,β-unsaturated/α-hetero) is 1. The summed E-state index contributed by atoms with van der Waals surface area (Å²) in [7, 11) is 0. The molecule has 5 nitrogen and oxygen atoms in total. The van der Waals surface area contributed by atoms with Crippen molar-refractivity contribution in [3.8, 4) is 11.3 Å². The van der Waals surface area contributed by atoms with E-state index in [-0.39, 0.29) is 22.4 Å². The van der Waals surface area contributed by atoms with Gasteiger partial charge >= 0.3 is 0 Å². The van der Waals surface area contributed by atoms with Gasteiger partial charge in [0.2, 0.25) is 0 Å². The van der Waals surface area contributed by atoms with Crippen molar-refractivity contribution in [1.82, 2.24) is 0 Å². The molecule has 1 N–H and O–H groups in total. The number of ketones is 1. The third kappa shape index (κ3) is 3.53. The van der Waals surface area contributed by atoms with Gasteiger partial charge in [-0.3, -0.25) is 14.4 Å². The molecule has 30 heavy (non-hydrogen) atoms. The summed E-state index contributed by atoms with van der Waals surface area (Å²) in [5, 5.41) is 3.15. The number of hydrogen-bond acceptors (Lipinski definition) is 4. The zero-order valence-corrected chi connectivity index (χ0v) is 16.6. The van der Waals surface area contributed by atoms with E-state index in [2.05, 4.69) is 5.32 Å². The number of nitrogens with one attached hydrogen (secondary N) is 1. The molecule has 0 atom stereocenters. The molecule has 148 valence electrons. The molecule has 1 aromatic heterocycles. The first-order valence-corrected chi connectivity index (χ1v) is 9.50. The molecule has 0 fully saturated rings. The number of hydrogen-bond donors (Lipinski definition) is 1. The smallest absolute Gasteiger partial charge is 0.259 e. The number of benzene rings is 3. The summed E-state index contributed by atoms with van der Waals surface area (Å²) in [6, 6.07) is 20.9. The Labute approximate surface area is 173 Å². The van der Waals surface area contributed by atoms with Crippen molar-refractivity contribution in [2.45, 2.75) is 13.8 Å². The molecule has 0 bridgehead atoms. The topological polar surface area (TPSA) is 76.4 Å². The number of amides is 1. The Morgan fingerprint density at radius 1 is 0.867 bits per heavy atom. The highest BCUT2D eigenvalue weighted by Crippen LogP contribution is 2.27. The Morgan fingerprint density at radius 3 is 2.23 bits per heavy atom. The molecule has 5 heteroatoms. The second kappa shape index (κ2) is 7.79. The van der Waals surface area contributed by atoms with E-state index < -0.39 is 5.91 Å². The number of fused-ring (bicyclic) bond motifs is 1. The van der Waals surface area contributed by atoms with Crippen LogP contribution >= 0.6 is 0 Å². The fourth-order valence-corrected chi connectivity index (χ4v) is 3.34. The van der Waals surface area contributed by atoms with Gasteiger partial charge in [-0.25, -0.2) is 0 Å². The average molecular weight is 397 g/mol. The second-order valence-electron chi connectivity index (χ2n) is 7.02. The Bertz CT molecular complexity index is 1320. The van der Waals surface area contributed by atoms with Crippen molar-refractivity contribution in [3.63, 3.8) is 0 Å². The van der Waals surface area contributed by atoms with Crippen LogP contribution in [0.15, 0.2) is 82.0 Å². The van der Waals surface area contributed by atoms with E-state index in [0.717, 1.165) is 5.56 Å². The number of rotatable bonds is 4. The Balaban J connectivity index is 1.79. The molecule has 3 aromatic carbocycles. The van der Waals surface area contributed by atoms with E-state index in [1.165, 1.54) is 6.92 Å². The van der Waals surface area contributed by atoms with E-state index in [1.54, 1.807) is 49.4 Å². The molecule has 1 heterocycles. The van der Waals surface area contributed by atoms with Gasteiger partial charge in [0.15, 0.2) is 16.8 Å². The van der Waals surface area contributed by atoms with Gasteiger partial charge in [0, 0.05) is 22.4 Å². The van der Waals surface area contributed by atoms with Gasteiger partial charge in [0.05, 0.1) is 10.9 Å². The number of para-hydroxylation sites is 1. The fraction of sp³-hybridized carbons (Fsp3) is 0.0800. The van der Waals surface area contributed by atoms with E-state index in [1.807, 2.05) is 30.3 Å². The minimum Gasteiger partial charge on any atom is -0.455 e. The Hall–Kier alpha value is -3.99. The molecule has 0 aliphatic rings. The van der Waals surface area contributed by atoms with Gasteiger partial charge in [-0.1, -0.05) is 36.4 Å². The largest absolute Gasteiger partial charge is 0.455 e. The number of carbonyl (C=O) groups is 2. The first-order valence-electron chi connectivity index (χ1n) is 9.50. The highest BCUT2D eigenvalue weighted by atomic mass is 16.3. The van der Waals surface area contributed by atoms with Crippen molar-refractivity contribution in [2.75, 3.05) is 5.32 Å². The lowest BCUT2D eigenvalue weighted by Gasteiger charge is -2.11. The van der Waals surface area contributed by atoms with E-state index >= 15 is 0 Å². The molecular weight excluding hydrogens is 378 g/mol. The molecule has 4 rings (SSSR count). The molecule has 0 aliphatic heterocycles. The quantitative estimate of drug-likeness (QED) is 0.479. The molecule has 4 aromatic rings. The summed E-state index contributed by atoms with van der Waals surface area (Å²) < 4.78 is 6.09. The van der Waals surface area contributed by atoms with Crippen LogP contribution in [0.5, 0.6) is 0 Å². The van der Waals surface area contributed by atoms with Gasteiger partial charge in [0.1, 0.15) is 5.76 Å². The molecular formula is C25H19NO4. The summed E-state index contributed by atoms with van der Waals surface area (Å²) in [4.78, 5) is 37.3. The molecule has 0 unspecified atom stereocenters. The minimum absolute atomic E-state index is 0.0486. The Kier molecular flexibility index (Phi) is 5.02. The lowest BCUT2D eigenvalue weighted by Crippen LogP contribution is -2.15. The first kappa shape index (κ1) is 19.3. The molecule has 0 saturated carbocycles. The van der Waals surface area contributed by atoms with Crippen molar-refractivity contribution in [2.24, 2.45) is 0 Å². The highest BCUT2D eigenvalue weighted by Gasteiger charge is 2.18. The monoisotopic (exact) mass is 397 g/mol. The van der Waals surface area contributed by atoms with Crippen LogP contribution in [0, 0.1) is 6.92 Å². The zero-order valence-electron chi connectivity index (χ0n) is 16.6. The standard InChI is InChI=1S/C25H19NO4/c1-15-22(28)20-9-6-10-21(24(20)30-23(15)18-7-4-3-5-8-18)25(29)26-19-13-11-17(12-14-19)16(2)27/h3-14H,1-2H3,(H,26,29). The van der Waals surface area contributed by atoms with Crippen LogP contribution in [0.3, 0.4) is 0 Å². The second-order valence-corrected chi connectivity index (χ2v) is 7.02. The van der Waals surface area contributed by atoms with Crippen LogP contribution in [-0.2, 0) is 0 Å². The van der Waals surface area contributed by atoms with Crippen molar-refractivity contribution in [3.05, 3.63) is 99.7 Å². The van der Waals surface area contributed by atoms with E-state index in [4.69, 9.17) is 4.42 Å². The Morgan fingerprint density at radius 2 is 1.57 bits per heavy atom. The predicted octanol–water partition coefficient (Wildman–Crippen LogP) is 5.22. The maximum absolute atomic E-state index is 13.0. The third-order valence-electron chi connectivity index (χ3n) is 4.97. The minimum atomic E-state index is -0.401.